The van der Waals surface area contributed by atoms with Crippen LogP contribution >= 0.6 is 34.8 Å². The SMILES string of the molecule is Oc1c(O)c(Cl)c2c(c1Cl)CCN(C(O)CCCc1ccc(Cl)cc1)C2. The smallest absolute Gasteiger partial charge is 0.178 e. The van der Waals surface area contributed by atoms with Crippen molar-refractivity contribution in [3.8, 4) is 11.5 Å². The zero-order valence-corrected chi connectivity index (χ0v) is 16.3. The number of rotatable bonds is 5. The third-order valence-corrected chi connectivity index (χ3v) is 5.87. The minimum Gasteiger partial charge on any atom is -0.503 e. The van der Waals surface area contributed by atoms with Crippen LogP contribution in [0.25, 0.3) is 0 Å². The molecule has 2 aromatic carbocycles. The van der Waals surface area contributed by atoms with E-state index in [9.17, 15) is 15.3 Å². The maximum atomic E-state index is 10.5. The molecule has 0 saturated carbocycles. The normalized spacial score (nSPS) is 15.7. The van der Waals surface area contributed by atoms with Crippen LogP contribution in [0.1, 0.15) is 29.5 Å². The van der Waals surface area contributed by atoms with E-state index in [4.69, 9.17) is 34.8 Å². The lowest BCUT2D eigenvalue weighted by Gasteiger charge is -2.34. The number of aliphatic hydroxyl groups is 1. The molecule has 0 radical (unpaired) electrons. The molecule has 1 atom stereocenters. The summed E-state index contributed by atoms with van der Waals surface area (Å²) >= 11 is 18.2. The zero-order chi connectivity index (χ0) is 18.8. The van der Waals surface area contributed by atoms with E-state index in [0.717, 1.165) is 18.4 Å². The van der Waals surface area contributed by atoms with Crippen LogP contribution in [0.3, 0.4) is 0 Å². The van der Waals surface area contributed by atoms with Crippen LogP contribution in [0.5, 0.6) is 11.5 Å². The van der Waals surface area contributed by atoms with Crippen molar-refractivity contribution >= 4 is 34.8 Å². The van der Waals surface area contributed by atoms with E-state index in [1.807, 2.05) is 29.2 Å². The van der Waals surface area contributed by atoms with Gasteiger partial charge in [-0.05, 0) is 54.5 Å². The second kappa shape index (κ2) is 8.24. The van der Waals surface area contributed by atoms with Gasteiger partial charge in [-0.15, -0.1) is 0 Å². The predicted molar refractivity (Wildman–Crippen MR) is 104 cm³/mol. The molecule has 0 amide bonds. The Hall–Kier alpha value is -1.17. The summed E-state index contributed by atoms with van der Waals surface area (Å²) in [4.78, 5) is 1.91. The predicted octanol–water partition coefficient (Wildman–Crippen LogP) is 4.76. The van der Waals surface area contributed by atoms with E-state index < -0.39 is 12.0 Å². The van der Waals surface area contributed by atoms with Gasteiger partial charge < -0.3 is 15.3 Å². The molecule has 0 bridgehead atoms. The van der Waals surface area contributed by atoms with Crippen molar-refractivity contribution in [1.29, 1.82) is 0 Å². The lowest BCUT2D eigenvalue weighted by atomic mass is 9.97. The van der Waals surface area contributed by atoms with Crippen molar-refractivity contribution < 1.29 is 15.3 Å². The highest BCUT2D eigenvalue weighted by Gasteiger charge is 2.29. The number of aliphatic hydroxyl groups excluding tert-OH is 1. The van der Waals surface area contributed by atoms with E-state index in [1.54, 1.807) is 0 Å². The van der Waals surface area contributed by atoms with E-state index in [-0.39, 0.29) is 15.8 Å². The molecular weight excluding hydrogens is 397 g/mol. The number of phenols is 2. The van der Waals surface area contributed by atoms with Crippen molar-refractivity contribution in [1.82, 2.24) is 4.90 Å². The number of phenolic OH excluding ortho intramolecular Hbond substituents is 2. The first-order valence-electron chi connectivity index (χ1n) is 8.45. The average molecular weight is 417 g/mol. The second-order valence-corrected chi connectivity index (χ2v) is 7.69. The lowest BCUT2D eigenvalue weighted by molar-refractivity contribution is -0.0126. The number of benzene rings is 2. The average Bonchev–Trinajstić information content (AvgIpc) is 2.65. The lowest BCUT2D eigenvalue weighted by Crippen LogP contribution is -2.39. The molecule has 3 rings (SSSR count). The van der Waals surface area contributed by atoms with Crippen LogP contribution in [0.2, 0.25) is 15.1 Å². The Morgan fingerprint density at radius 1 is 0.962 bits per heavy atom. The number of fused-ring (bicyclic) bond motifs is 1. The maximum Gasteiger partial charge on any atom is 0.178 e. The molecule has 0 saturated heterocycles. The van der Waals surface area contributed by atoms with Gasteiger partial charge in [0.1, 0.15) is 6.23 Å². The maximum absolute atomic E-state index is 10.5. The zero-order valence-electron chi connectivity index (χ0n) is 14.1. The third-order valence-electron chi connectivity index (χ3n) is 4.81. The molecule has 0 aromatic heterocycles. The van der Waals surface area contributed by atoms with Crippen LogP contribution in [0, 0.1) is 0 Å². The third kappa shape index (κ3) is 4.05. The highest BCUT2D eigenvalue weighted by molar-refractivity contribution is 6.36. The van der Waals surface area contributed by atoms with Crippen molar-refractivity contribution in [3.05, 3.63) is 56.0 Å². The fourth-order valence-electron chi connectivity index (χ4n) is 3.30. The van der Waals surface area contributed by atoms with Crippen LogP contribution < -0.4 is 0 Å². The Kier molecular flexibility index (Phi) is 6.21. The summed E-state index contributed by atoms with van der Waals surface area (Å²) in [5.74, 6) is -0.790. The first-order valence-corrected chi connectivity index (χ1v) is 9.59. The summed E-state index contributed by atoms with van der Waals surface area (Å²) in [6.45, 7) is 0.985. The highest BCUT2D eigenvalue weighted by atomic mass is 35.5. The van der Waals surface area contributed by atoms with Crippen molar-refractivity contribution in [2.24, 2.45) is 0 Å². The molecule has 2 aromatic rings. The first kappa shape index (κ1) is 19.6. The fraction of sp³-hybridized carbons (Fsp3) is 0.368. The summed E-state index contributed by atoms with van der Waals surface area (Å²) in [7, 11) is 0. The number of hydrogen-bond donors (Lipinski definition) is 3. The van der Waals surface area contributed by atoms with Crippen molar-refractivity contribution in [3.63, 3.8) is 0 Å². The van der Waals surface area contributed by atoms with Gasteiger partial charge in [-0.1, -0.05) is 46.9 Å². The van der Waals surface area contributed by atoms with Crippen LogP contribution in [0.15, 0.2) is 24.3 Å². The molecule has 1 aliphatic heterocycles. The van der Waals surface area contributed by atoms with Gasteiger partial charge in [0.2, 0.25) is 0 Å². The fourth-order valence-corrected chi connectivity index (χ4v) is 3.99. The standard InChI is InChI=1S/C19H20Cl3NO3/c20-12-6-4-11(5-7-12)2-1-3-15(24)23-9-8-13-14(10-23)17(22)19(26)18(25)16(13)21/h4-7,15,24-26H,1-3,8-10H2. The number of nitrogens with zero attached hydrogens (tertiary/aromatic N) is 1. The summed E-state index contributed by atoms with van der Waals surface area (Å²) < 4.78 is 0. The topological polar surface area (TPSA) is 63.9 Å². The molecule has 1 unspecified atom stereocenters. The first-order chi connectivity index (χ1) is 12.4. The van der Waals surface area contributed by atoms with E-state index >= 15 is 0 Å². The largest absolute Gasteiger partial charge is 0.503 e. The molecule has 26 heavy (non-hydrogen) atoms. The Bertz CT molecular complexity index is 796. The van der Waals surface area contributed by atoms with E-state index in [2.05, 4.69) is 0 Å². The number of aryl methyl sites for hydroxylation is 1. The molecule has 140 valence electrons. The van der Waals surface area contributed by atoms with Gasteiger partial charge in [0, 0.05) is 18.1 Å². The molecule has 1 aliphatic rings. The van der Waals surface area contributed by atoms with E-state index in [1.165, 1.54) is 5.56 Å². The van der Waals surface area contributed by atoms with Gasteiger partial charge in [0.15, 0.2) is 11.5 Å². The van der Waals surface area contributed by atoms with Crippen LogP contribution in [0.4, 0.5) is 0 Å². The number of aromatic hydroxyl groups is 2. The van der Waals surface area contributed by atoms with Gasteiger partial charge in [-0.3, -0.25) is 4.90 Å². The number of hydrogen-bond acceptors (Lipinski definition) is 4. The Labute approximate surface area is 167 Å². The van der Waals surface area contributed by atoms with Crippen molar-refractivity contribution in [2.45, 2.75) is 38.5 Å². The molecule has 3 N–H and O–H groups in total. The molecule has 0 fully saturated rings. The Morgan fingerprint density at radius 2 is 1.58 bits per heavy atom. The summed E-state index contributed by atoms with van der Waals surface area (Å²) in [6.07, 6.45) is 2.26. The molecule has 7 heteroatoms. The number of halogens is 3. The highest BCUT2D eigenvalue weighted by Crippen LogP contribution is 2.46. The molecule has 0 spiro atoms. The van der Waals surface area contributed by atoms with Gasteiger partial charge in [0.05, 0.1) is 10.0 Å². The van der Waals surface area contributed by atoms with Crippen LogP contribution in [-0.4, -0.2) is 33.0 Å². The molecule has 0 aliphatic carbocycles. The van der Waals surface area contributed by atoms with Gasteiger partial charge in [-0.25, -0.2) is 0 Å². The minimum absolute atomic E-state index is 0.0972. The second-order valence-electron chi connectivity index (χ2n) is 6.50. The van der Waals surface area contributed by atoms with Gasteiger partial charge >= 0.3 is 0 Å². The summed E-state index contributed by atoms with van der Waals surface area (Å²) in [6, 6.07) is 7.71. The van der Waals surface area contributed by atoms with E-state index in [0.29, 0.717) is 36.5 Å². The monoisotopic (exact) mass is 415 g/mol. The Balaban J connectivity index is 1.62. The molecule has 4 nitrogen and oxygen atoms in total. The van der Waals surface area contributed by atoms with Gasteiger partial charge in [-0.2, -0.15) is 0 Å². The molecular formula is C19H20Cl3NO3. The van der Waals surface area contributed by atoms with Crippen molar-refractivity contribution in [2.75, 3.05) is 6.54 Å². The summed E-state index contributed by atoms with van der Waals surface area (Å²) in [5.41, 5.74) is 2.58. The minimum atomic E-state index is -0.610. The van der Waals surface area contributed by atoms with Crippen LogP contribution in [-0.2, 0) is 19.4 Å². The summed E-state index contributed by atoms with van der Waals surface area (Å²) in [5, 5.41) is 31.2. The van der Waals surface area contributed by atoms with Gasteiger partial charge in [0.25, 0.3) is 0 Å². The molecule has 1 heterocycles. The quantitative estimate of drug-likeness (QED) is 0.615. The Morgan fingerprint density at radius 3 is 2.23 bits per heavy atom.